The quantitative estimate of drug-likeness (QED) is 0.779. The highest BCUT2D eigenvalue weighted by molar-refractivity contribution is 5.79. The van der Waals surface area contributed by atoms with Crippen LogP contribution in [-0.2, 0) is 9.53 Å². The smallest absolute Gasteiger partial charge is 0.323 e. The Balaban J connectivity index is 1.83. The fraction of sp³-hybridized carbons (Fsp3) is 0.923. The summed E-state index contributed by atoms with van der Waals surface area (Å²) >= 11 is 0. The maximum Gasteiger partial charge on any atom is 0.323 e. The maximum absolute atomic E-state index is 11.1. The van der Waals surface area contributed by atoms with Crippen LogP contribution in [0.3, 0.4) is 0 Å². The van der Waals surface area contributed by atoms with E-state index in [9.17, 15) is 4.79 Å². The van der Waals surface area contributed by atoms with Gasteiger partial charge in [0.25, 0.3) is 0 Å². The van der Waals surface area contributed by atoms with Gasteiger partial charge in [0.2, 0.25) is 0 Å². The second-order valence-corrected chi connectivity index (χ2v) is 5.79. The lowest BCUT2D eigenvalue weighted by Gasteiger charge is -2.31. The zero-order valence-electron chi connectivity index (χ0n) is 11.1. The van der Waals surface area contributed by atoms with Gasteiger partial charge in [0.15, 0.2) is 0 Å². The summed E-state index contributed by atoms with van der Waals surface area (Å²) in [7, 11) is 2.05. The fourth-order valence-corrected chi connectivity index (χ4v) is 3.04. The number of ether oxygens (including phenoxy) is 1. The van der Waals surface area contributed by atoms with Gasteiger partial charge in [-0.15, -0.1) is 0 Å². The summed E-state index contributed by atoms with van der Waals surface area (Å²) < 4.78 is 5.72. The van der Waals surface area contributed by atoms with Gasteiger partial charge in [-0.2, -0.15) is 0 Å². The molecule has 0 aromatic rings. The Morgan fingerprint density at radius 2 is 2.28 bits per heavy atom. The average molecular weight is 256 g/mol. The van der Waals surface area contributed by atoms with Crippen molar-refractivity contribution in [2.75, 3.05) is 20.2 Å². The molecule has 18 heavy (non-hydrogen) atoms. The van der Waals surface area contributed by atoms with Crippen molar-refractivity contribution in [2.24, 2.45) is 5.73 Å². The summed E-state index contributed by atoms with van der Waals surface area (Å²) in [5.74, 6) is -0.868. The van der Waals surface area contributed by atoms with Gasteiger partial charge < -0.3 is 20.5 Å². The number of nitrogens with zero attached hydrogens (tertiary/aromatic N) is 1. The fourth-order valence-electron chi connectivity index (χ4n) is 3.04. The van der Waals surface area contributed by atoms with E-state index in [1.165, 1.54) is 6.42 Å². The Morgan fingerprint density at radius 1 is 1.50 bits per heavy atom. The molecule has 2 aliphatic rings. The number of hydrogen-bond acceptors (Lipinski definition) is 4. The van der Waals surface area contributed by atoms with E-state index in [-0.39, 0.29) is 6.04 Å². The number of rotatable bonds is 4. The van der Waals surface area contributed by atoms with Gasteiger partial charge in [0.05, 0.1) is 6.10 Å². The van der Waals surface area contributed by atoms with E-state index in [2.05, 4.69) is 11.9 Å². The molecule has 0 amide bonds. The molecule has 2 rings (SSSR count). The van der Waals surface area contributed by atoms with E-state index in [0.29, 0.717) is 18.9 Å². The summed E-state index contributed by atoms with van der Waals surface area (Å²) in [5, 5.41) is 9.13. The van der Waals surface area contributed by atoms with Crippen LogP contribution in [0.1, 0.15) is 38.5 Å². The number of carboxylic acid groups (broad SMARTS) is 1. The molecule has 104 valence electrons. The SMILES string of the molecule is CN(CC1CCCCO1)C1CCC(N)(C(=O)O)C1. The van der Waals surface area contributed by atoms with Crippen LogP contribution in [0, 0.1) is 0 Å². The molecule has 1 heterocycles. The van der Waals surface area contributed by atoms with Crippen molar-refractivity contribution < 1.29 is 14.6 Å². The van der Waals surface area contributed by atoms with Crippen LogP contribution in [-0.4, -0.2) is 53.9 Å². The predicted octanol–water partition coefficient (Wildman–Crippen LogP) is 0.822. The van der Waals surface area contributed by atoms with Gasteiger partial charge in [0.1, 0.15) is 5.54 Å². The normalized spacial score (nSPS) is 37.1. The number of carbonyl (C=O) groups is 1. The summed E-state index contributed by atoms with van der Waals surface area (Å²) in [4.78, 5) is 13.3. The summed E-state index contributed by atoms with van der Waals surface area (Å²) in [6, 6.07) is 0.275. The first-order valence-corrected chi connectivity index (χ1v) is 6.85. The zero-order valence-corrected chi connectivity index (χ0v) is 11.1. The van der Waals surface area contributed by atoms with E-state index < -0.39 is 11.5 Å². The first-order valence-electron chi connectivity index (χ1n) is 6.85. The minimum atomic E-state index is -1.02. The Bertz CT molecular complexity index is 305. The third-order valence-corrected chi connectivity index (χ3v) is 4.34. The highest BCUT2D eigenvalue weighted by Gasteiger charge is 2.43. The van der Waals surface area contributed by atoms with Crippen molar-refractivity contribution in [1.82, 2.24) is 4.90 Å². The van der Waals surface area contributed by atoms with Gasteiger partial charge in [0, 0.05) is 19.2 Å². The molecule has 1 aliphatic heterocycles. The van der Waals surface area contributed by atoms with E-state index in [1.807, 2.05) is 0 Å². The molecule has 2 fully saturated rings. The van der Waals surface area contributed by atoms with Gasteiger partial charge in [-0.3, -0.25) is 4.79 Å². The van der Waals surface area contributed by atoms with Crippen molar-refractivity contribution in [3.8, 4) is 0 Å². The molecule has 0 aromatic heterocycles. The first-order chi connectivity index (χ1) is 8.51. The molecular formula is C13H24N2O3. The zero-order chi connectivity index (χ0) is 13.2. The van der Waals surface area contributed by atoms with Crippen molar-refractivity contribution in [1.29, 1.82) is 0 Å². The van der Waals surface area contributed by atoms with Crippen molar-refractivity contribution in [2.45, 2.75) is 56.2 Å². The highest BCUT2D eigenvalue weighted by atomic mass is 16.5. The number of nitrogens with two attached hydrogens (primary N) is 1. The largest absolute Gasteiger partial charge is 0.480 e. The molecule has 1 aliphatic carbocycles. The molecule has 3 N–H and O–H groups in total. The van der Waals surface area contributed by atoms with Gasteiger partial charge >= 0.3 is 5.97 Å². The molecule has 0 aromatic carbocycles. The monoisotopic (exact) mass is 256 g/mol. The lowest BCUT2D eigenvalue weighted by Crippen LogP contribution is -2.47. The molecule has 5 nitrogen and oxygen atoms in total. The lowest BCUT2D eigenvalue weighted by molar-refractivity contribution is -0.143. The molecule has 1 saturated heterocycles. The number of aliphatic carboxylic acids is 1. The maximum atomic E-state index is 11.1. The second-order valence-electron chi connectivity index (χ2n) is 5.79. The van der Waals surface area contributed by atoms with Crippen LogP contribution < -0.4 is 5.73 Å². The molecule has 3 unspecified atom stereocenters. The molecule has 3 atom stereocenters. The van der Waals surface area contributed by atoms with E-state index in [4.69, 9.17) is 15.6 Å². The number of carboxylic acids is 1. The Labute approximate surface area is 108 Å². The average Bonchev–Trinajstić information content (AvgIpc) is 2.75. The van der Waals surface area contributed by atoms with Crippen LogP contribution in [0.4, 0.5) is 0 Å². The summed E-state index contributed by atoms with van der Waals surface area (Å²) in [6.45, 7) is 1.75. The van der Waals surface area contributed by atoms with Gasteiger partial charge in [-0.05, 0) is 45.6 Å². The van der Waals surface area contributed by atoms with Crippen LogP contribution in [0.25, 0.3) is 0 Å². The molecule has 0 radical (unpaired) electrons. The van der Waals surface area contributed by atoms with Crippen molar-refractivity contribution in [3.05, 3.63) is 0 Å². The van der Waals surface area contributed by atoms with E-state index in [0.717, 1.165) is 32.4 Å². The van der Waals surface area contributed by atoms with Gasteiger partial charge in [-0.1, -0.05) is 0 Å². The Hall–Kier alpha value is -0.650. The van der Waals surface area contributed by atoms with E-state index >= 15 is 0 Å². The van der Waals surface area contributed by atoms with Crippen LogP contribution in [0.2, 0.25) is 0 Å². The van der Waals surface area contributed by atoms with Crippen LogP contribution in [0.15, 0.2) is 0 Å². The third kappa shape index (κ3) is 3.02. The summed E-state index contributed by atoms with van der Waals surface area (Å²) in [5.41, 5.74) is 4.88. The van der Waals surface area contributed by atoms with Crippen molar-refractivity contribution >= 4 is 5.97 Å². The Kier molecular flexibility index (Phi) is 4.25. The minimum absolute atomic E-state index is 0.275. The summed E-state index contributed by atoms with van der Waals surface area (Å²) in [6.07, 6.45) is 5.80. The lowest BCUT2D eigenvalue weighted by atomic mass is 9.99. The molecule has 5 heteroatoms. The number of likely N-dealkylation sites (N-methyl/N-ethyl adjacent to an activating group) is 1. The molecule has 1 saturated carbocycles. The first kappa shape index (κ1) is 13.8. The van der Waals surface area contributed by atoms with E-state index in [1.54, 1.807) is 0 Å². The Morgan fingerprint density at radius 3 is 2.83 bits per heavy atom. The third-order valence-electron chi connectivity index (χ3n) is 4.34. The van der Waals surface area contributed by atoms with Crippen molar-refractivity contribution in [3.63, 3.8) is 0 Å². The molecule has 0 spiro atoms. The minimum Gasteiger partial charge on any atom is -0.480 e. The van der Waals surface area contributed by atoms with Gasteiger partial charge in [-0.25, -0.2) is 0 Å². The highest BCUT2D eigenvalue weighted by Crippen LogP contribution is 2.31. The standard InChI is InChI=1S/C13H24N2O3/c1-15(9-11-4-2-3-7-18-11)10-5-6-13(14,8-10)12(16)17/h10-11H,2-9,14H2,1H3,(H,16,17). The second kappa shape index (κ2) is 5.55. The van der Waals surface area contributed by atoms with Crippen LogP contribution in [0.5, 0.6) is 0 Å². The topological polar surface area (TPSA) is 75.8 Å². The number of hydrogen-bond donors (Lipinski definition) is 2. The van der Waals surface area contributed by atoms with Crippen LogP contribution >= 0.6 is 0 Å². The molecule has 0 bridgehead atoms. The molecular weight excluding hydrogens is 232 g/mol. The predicted molar refractivity (Wildman–Crippen MR) is 68.4 cm³/mol.